The lowest BCUT2D eigenvalue weighted by Gasteiger charge is -2.01. The van der Waals surface area contributed by atoms with Crippen LogP contribution in [0.2, 0.25) is 0 Å². The lowest BCUT2D eigenvalue weighted by molar-refractivity contribution is 0.403. The summed E-state index contributed by atoms with van der Waals surface area (Å²) in [6.07, 6.45) is 1.60. The third kappa shape index (κ3) is 2.45. The Bertz CT molecular complexity index is 851. The molecule has 0 amide bonds. The van der Waals surface area contributed by atoms with Crippen molar-refractivity contribution in [3.63, 3.8) is 0 Å². The number of phenols is 2. The number of hydrogen-bond donors (Lipinski definition) is 2. The zero-order chi connectivity index (χ0) is 14.8. The van der Waals surface area contributed by atoms with Gasteiger partial charge in [-0.3, -0.25) is 0 Å². The molecule has 0 aliphatic rings. The Morgan fingerprint density at radius 1 is 1.05 bits per heavy atom. The summed E-state index contributed by atoms with van der Waals surface area (Å²) >= 11 is 0. The average Bonchev–Trinajstić information content (AvgIpc) is 2.90. The second-order valence-electron chi connectivity index (χ2n) is 4.56. The Morgan fingerprint density at radius 2 is 1.86 bits per heavy atom. The highest BCUT2D eigenvalue weighted by Gasteiger charge is 2.07. The van der Waals surface area contributed by atoms with Crippen LogP contribution in [-0.4, -0.2) is 10.2 Å². The van der Waals surface area contributed by atoms with Gasteiger partial charge in [0.25, 0.3) is 0 Å². The van der Waals surface area contributed by atoms with E-state index >= 15 is 0 Å². The first kappa shape index (κ1) is 12.8. The van der Waals surface area contributed by atoms with Gasteiger partial charge in [0.05, 0.1) is 11.6 Å². The summed E-state index contributed by atoms with van der Waals surface area (Å²) in [4.78, 5) is 0. The summed E-state index contributed by atoms with van der Waals surface area (Å²) in [7, 11) is 0. The van der Waals surface area contributed by atoms with Gasteiger partial charge in [0.2, 0.25) is 0 Å². The molecule has 2 aromatic carbocycles. The monoisotopic (exact) mass is 277 g/mol. The van der Waals surface area contributed by atoms with Gasteiger partial charge in [-0.2, -0.15) is 5.26 Å². The van der Waals surface area contributed by atoms with Gasteiger partial charge in [-0.15, -0.1) is 0 Å². The molecule has 3 aromatic rings. The summed E-state index contributed by atoms with van der Waals surface area (Å²) in [6, 6.07) is 15.7. The van der Waals surface area contributed by atoms with Crippen molar-refractivity contribution in [1.82, 2.24) is 0 Å². The first-order valence-corrected chi connectivity index (χ1v) is 6.30. The number of allylic oxidation sites excluding steroid dienone is 1. The van der Waals surface area contributed by atoms with Crippen molar-refractivity contribution in [1.29, 1.82) is 5.26 Å². The Kier molecular flexibility index (Phi) is 3.09. The Morgan fingerprint density at radius 3 is 2.57 bits per heavy atom. The number of fused-ring (bicyclic) bond motifs is 1. The summed E-state index contributed by atoms with van der Waals surface area (Å²) < 4.78 is 5.64. The third-order valence-corrected chi connectivity index (χ3v) is 3.14. The predicted molar refractivity (Wildman–Crippen MR) is 79.5 cm³/mol. The maximum Gasteiger partial charge on any atom is 0.158 e. The molecule has 0 aliphatic heterocycles. The smallest absolute Gasteiger partial charge is 0.158 e. The quantitative estimate of drug-likeness (QED) is 0.550. The van der Waals surface area contributed by atoms with E-state index in [1.807, 2.05) is 30.3 Å². The number of nitrogens with zero attached hydrogens (tertiary/aromatic N) is 1. The molecule has 1 aromatic heterocycles. The second kappa shape index (κ2) is 5.06. The molecule has 1 heterocycles. The largest absolute Gasteiger partial charge is 0.504 e. The molecule has 0 atom stereocenters. The van der Waals surface area contributed by atoms with Gasteiger partial charge in [-0.05, 0) is 42.0 Å². The van der Waals surface area contributed by atoms with Crippen LogP contribution in [0.3, 0.4) is 0 Å². The molecule has 0 saturated heterocycles. The van der Waals surface area contributed by atoms with Crippen molar-refractivity contribution in [2.75, 3.05) is 0 Å². The molecule has 0 unspecified atom stereocenters. The first-order valence-electron chi connectivity index (χ1n) is 6.30. The van der Waals surface area contributed by atoms with Crippen LogP contribution in [0.4, 0.5) is 0 Å². The Labute approximate surface area is 120 Å². The summed E-state index contributed by atoms with van der Waals surface area (Å²) in [5, 5.41) is 29.1. The maximum atomic E-state index is 9.51. The van der Waals surface area contributed by atoms with Crippen LogP contribution in [0.15, 0.2) is 52.9 Å². The van der Waals surface area contributed by atoms with E-state index in [4.69, 9.17) is 4.42 Å². The van der Waals surface area contributed by atoms with E-state index in [1.165, 1.54) is 12.1 Å². The SMILES string of the molecule is N#C/C(=C\c1cc2ccccc2o1)c1ccc(O)c(O)c1. The van der Waals surface area contributed by atoms with Gasteiger partial charge < -0.3 is 14.6 Å². The normalized spacial score (nSPS) is 11.5. The average molecular weight is 277 g/mol. The maximum absolute atomic E-state index is 9.51. The van der Waals surface area contributed by atoms with Crippen LogP contribution < -0.4 is 0 Å². The van der Waals surface area contributed by atoms with Gasteiger partial charge >= 0.3 is 0 Å². The Hall–Kier alpha value is -3.19. The van der Waals surface area contributed by atoms with Gasteiger partial charge in [-0.1, -0.05) is 18.2 Å². The van der Waals surface area contributed by atoms with Gasteiger partial charge in [0.15, 0.2) is 11.5 Å². The summed E-state index contributed by atoms with van der Waals surface area (Å²) in [6.45, 7) is 0. The predicted octanol–water partition coefficient (Wildman–Crippen LogP) is 3.91. The lowest BCUT2D eigenvalue weighted by Crippen LogP contribution is -1.81. The van der Waals surface area contributed by atoms with Crippen molar-refractivity contribution in [3.05, 3.63) is 59.9 Å². The minimum absolute atomic E-state index is 0.222. The van der Waals surface area contributed by atoms with E-state index in [2.05, 4.69) is 6.07 Å². The van der Waals surface area contributed by atoms with Gasteiger partial charge in [0, 0.05) is 5.39 Å². The molecule has 0 saturated carbocycles. The Balaban J connectivity index is 2.06. The van der Waals surface area contributed by atoms with Crippen LogP contribution in [0.1, 0.15) is 11.3 Å². The molecule has 0 aliphatic carbocycles. The molecule has 0 bridgehead atoms. The highest BCUT2D eigenvalue weighted by atomic mass is 16.3. The molecule has 4 nitrogen and oxygen atoms in total. The fourth-order valence-electron chi connectivity index (χ4n) is 2.09. The van der Waals surface area contributed by atoms with Crippen LogP contribution in [-0.2, 0) is 0 Å². The standard InChI is InChI=1S/C17H11NO3/c18-10-13(11-5-6-15(19)16(20)9-11)8-14-7-12-3-1-2-4-17(12)21-14/h1-9,19-20H/b13-8+. The molecule has 102 valence electrons. The second-order valence-corrected chi connectivity index (χ2v) is 4.56. The van der Waals surface area contributed by atoms with Crippen LogP contribution in [0.5, 0.6) is 11.5 Å². The summed E-state index contributed by atoms with van der Waals surface area (Å²) in [5.74, 6) is 0.0679. The zero-order valence-corrected chi connectivity index (χ0v) is 10.9. The minimum atomic E-state index is -0.266. The number of phenolic OH excluding ortho intramolecular Hbond substituents is 2. The lowest BCUT2D eigenvalue weighted by atomic mass is 10.1. The fourth-order valence-corrected chi connectivity index (χ4v) is 2.09. The molecule has 2 N–H and O–H groups in total. The highest BCUT2D eigenvalue weighted by Crippen LogP contribution is 2.29. The topological polar surface area (TPSA) is 77.4 Å². The van der Waals surface area contributed by atoms with E-state index in [9.17, 15) is 15.5 Å². The van der Waals surface area contributed by atoms with E-state index in [1.54, 1.807) is 12.1 Å². The van der Waals surface area contributed by atoms with Crippen molar-refractivity contribution in [2.45, 2.75) is 0 Å². The molecule has 0 spiro atoms. The first-order chi connectivity index (χ1) is 10.2. The fraction of sp³-hybridized carbons (Fsp3) is 0. The van der Waals surface area contributed by atoms with Crippen molar-refractivity contribution in [3.8, 4) is 17.6 Å². The number of rotatable bonds is 2. The van der Waals surface area contributed by atoms with E-state index in [0.717, 1.165) is 11.0 Å². The molecule has 3 rings (SSSR count). The van der Waals surface area contributed by atoms with E-state index in [0.29, 0.717) is 16.9 Å². The van der Waals surface area contributed by atoms with Crippen LogP contribution in [0.25, 0.3) is 22.6 Å². The number of hydrogen-bond acceptors (Lipinski definition) is 4. The molecular weight excluding hydrogens is 266 g/mol. The number of aromatic hydroxyl groups is 2. The molecule has 4 heteroatoms. The summed E-state index contributed by atoms with van der Waals surface area (Å²) in [5.41, 5.74) is 1.59. The number of para-hydroxylation sites is 1. The molecular formula is C17H11NO3. The third-order valence-electron chi connectivity index (χ3n) is 3.14. The molecule has 0 radical (unpaired) electrons. The van der Waals surface area contributed by atoms with Gasteiger partial charge in [0.1, 0.15) is 11.3 Å². The number of benzene rings is 2. The van der Waals surface area contributed by atoms with Crippen molar-refractivity contribution < 1.29 is 14.6 Å². The van der Waals surface area contributed by atoms with Gasteiger partial charge in [-0.25, -0.2) is 0 Å². The van der Waals surface area contributed by atoms with Crippen LogP contribution in [0, 0.1) is 11.3 Å². The van der Waals surface area contributed by atoms with Crippen molar-refractivity contribution >= 4 is 22.6 Å². The van der Waals surface area contributed by atoms with Crippen molar-refractivity contribution in [2.24, 2.45) is 0 Å². The highest BCUT2D eigenvalue weighted by molar-refractivity contribution is 5.91. The number of furan rings is 1. The zero-order valence-electron chi connectivity index (χ0n) is 10.9. The van der Waals surface area contributed by atoms with E-state index in [-0.39, 0.29) is 11.5 Å². The number of nitriles is 1. The molecule has 21 heavy (non-hydrogen) atoms. The minimum Gasteiger partial charge on any atom is -0.504 e. The van der Waals surface area contributed by atoms with Crippen LogP contribution >= 0.6 is 0 Å². The van der Waals surface area contributed by atoms with E-state index < -0.39 is 0 Å². The molecule has 0 fully saturated rings.